The van der Waals surface area contributed by atoms with E-state index in [0.717, 1.165) is 31.2 Å². The molecule has 0 bridgehead atoms. The molecule has 0 amide bonds. The summed E-state index contributed by atoms with van der Waals surface area (Å²) in [6.45, 7) is 0.419. The van der Waals surface area contributed by atoms with Crippen molar-refractivity contribution in [3.8, 4) is 0 Å². The topological polar surface area (TPSA) is 78.9 Å². The van der Waals surface area contributed by atoms with E-state index >= 15 is 0 Å². The summed E-state index contributed by atoms with van der Waals surface area (Å²) in [5.41, 5.74) is -4.01. The van der Waals surface area contributed by atoms with Gasteiger partial charge in [-0.1, -0.05) is 0 Å². The third-order valence-electron chi connectivity index (χ3n) is 5.05. The predicted octanol–water partition coefficient (Wildman–Crippen LogP) is 5.45. The molecule has 3 rings (SSSR count). The molecule has 0 aliphatic carbocycles. The maximum Gasteiger partial charge on any atom is 0.416 e. The number of esters is 3. The zero-order valence-electron chi connectivity index (χ0n) is 18.6. The standard InChI is InChI=1S/C23H17F7O6S/c1-11(31)35-21-17(24)18(36-20(33)13-4-8-15(9-5-13)23(28,29)30)16(37-21)10-34-19(32)12-2-6-14(7-3-12)22(25,26)27/h2-9,16-18,21H,10H2,1H3/t16-,17+,18-,21?/m1/s1. The Morgan fingerprint density at radius 2 is 1.24 bits per heavy atom. The molecule has 0 aromatic heterocycles. The molecule has 200 valence electrons. The van der Waals surface area contributed by atoms with Crippen LogP contribution in [0.15, 0.2) is 48.5 Å². The van der Waals surface area contributed by atoms with Crippen LogP contribution in [0.3, 0.4) is 0 Å². The van der Waals surface area contributed by atoms with Crippen molar-refractivity contribution < 1.29 is 59.3 Å². The van der Waals surface area contributed by atoms with E-state index in [0.29, 0.717) is 36.0 Å². The van der Waals surface area contributed by atoms with Crippen molar-refractivity contribution in [2.45, 2.75) is 42.2 Å². The molecule has 1 saturated heterocycles. The number of hydrogen-bond acceptors (Lipinski definition) is 7. The lowest BCUT2D eigenvalue weighted by molar-refractivity contribution is -0.145. The summed E-state index contributed by atoms with van der Waals surface area (Å²) in [6.07, 6.45) is -13.0. The Morgan fingerprint density at radius 1 is 0.784 bits per heavy atom. The summed E-state index contributed by atoms with van der Waals surface area (Å²) in [4.78, 5) is 36.0. The number of thioether (sulfide) groups is 1. The molecule has 0 saturated carbocycles. The number of carbonyl (C=O) groups excluding carboxylic acids is 3. The highest BCUT2D eigenvalue weighted by molar-refractivity contribution is 8.00. The molecule has 1 unspecified atom stereocenters. The summed E-state index contributed by atoms with van der Waals surface area (Å²) >= 11 is 0.671. The Bertz CT molecular complexity index is 1130. The van der Waals surface area contributed by atoms with Gasteiger partial charge in [0.05, 0.1) is 27.5 Å². The first kappa shape index (κ1) is 28.3. The number of benzene rings is 2. The van der Waals surface area contributed by atoms with Crippen molar-refractivity contribution in [1.82, 2.24) is 0 Å². The molecule has 1 aliphatic rings. The highest BCUT2D eigenvalue weighted by atomic mass is 32.2. The van der Waals surface area contributed by atoms with E-state index in [1.54, 1.807) is 0 Å². The van der Waals surface area contributed by atoms with Gasteiger partial charge in [-0.15, -0.1) is 11.8 Å². The van der Waals surface area contributed by atoms with Crippen molar-refractivity contribution in [1.29, 1.82) is 0 Å². The first-order valence-corrected chi connectivity index (χ1v) is 11.3. The minimum atomic E-state index is -4.64. The van der Waals surface area contributed by atoms with Crippen molar-refractivity contribution in [2.24, 2.45) is 0 Å². The molecule has 37 heavy (non-hydrogen) atoms. The fourth-order valence-electron chi connectivity index (χ4n) is 3.24. The fourth-order valence-corrected chi connectivity index (χ4v) is 4.59. The van der Waals surface area contributed by atoms with E-state index in [4.69, 9.17) is 14.2 Å². The molecular weight excluding hydrogens is 537 g/mol. The molecule has 1 fully saturated rings. The minimum Gasteiger partial charge on any atom is -0.461 e. The molecule has 1 aliphatic heterocycles. The largest absolute Gasteiger partial charge is 0.461 e. The molecule has 14 heteroatoms. The van der Waals surface area contributed by atoms with Crippen LogP contribution in [0, 0.1) is 0 Å². The smallest absolute Gasteiger partial charge is 0.416 e. The number of carbonyl (C=O) groups is 3. The van der Waals surface area contributed by atoms with E-state index < -0.39 is 71.0 Å². The zero-order chi connectivity index (χ0) is 27.5. The molecule has 2 aromatic rings. The normalized spacial score (nSPS) is 21.8. The van der Waals surface area contributed by atoms with E-state index in [9.17, 15) is 45.1 Å². The van der Waals surface area contributed by atoms with Gasteiger partial charge in [0, 0.05) is 6.92 Å². The SMILES string of the molecule is CC(=O)OC1S[C@H](COC(=O)c2ccc(C(F)(F)F)cc2)[C@@H](OC(=O)c2ccc(C(F)(F)F)cc2)[C@@H]1F. The Hall–Kier alpha value is -3.29. The van der Waals surface area contributed by atoms with Gasteiger partial charge in [-0.05, 0) is 48.5 Å². The maximum atomic E-state index is 15.0. The lowest BCUT2D eigenvalue weighted by Gasteiger charge is -2.20. The van der Waals surface area contributed by atoms with Gasteiger partial charge in [0.25, 0.3) is 0 Å². The van der Waals surface area contributed by atoms with E-state index in [1.807, 2.05) is 0 Å². The summed E-state index contributed by atoms with van der Waals surface area (Å²) < 4.78 is 106. The van der Waals surface area contributed by atoms with Gasteiger partial charge in [-0.25, -0.2) is 14.0 Å². The van der Waals surface area contributed by atoms with Crippen molar-refractivity contribution in [3.63, 3.8) is 0 Å². The van der Waals surface area contributed by atoms with Crippen molar-refractivity contribution in [2.75, 3.05) is 6.61 Å². The zero-order valence-corrected chi connectivity index (χ0v) is 19.5. The summed E-state index contributed by atoms with van der Waals surface area (Å²) in [7, 11) is 0. The lowest BCUT2D eigenvalue weighted by Crippen LogP contribution is -2.37. The number of rotatable bonds is 6. The van der Waals surface area contributed by atoms with Crippen LogP contribution in [0.25, 0.3) is 0 Å². The molecule has 4 atom stereocenters. The fraction of sp³-hybridized carbons (Fsp3) is 0.348. The number of halogens is 7. The van der Waals surface area contributed by atoms with Gasteiger partial charge in [-0.3, -0.25) is 4.79 Å². The van der Waals surface area contributed by atoms with Crippen LogP contribution < -0.4 is 0 Å². The monoisotopic (exact) mass is 554 g/mol. The second-order valence-electron chi connectivity index (χ2n) is 7.72. The van der Waals surface area contributed by atoms with Crippen LogP contribution in [0.5, 0.6) is 0 Å². The van der Waals surface area contributed by atoms with Gasteiger partial charge < -0.3 is 14.2 Å². The quantitative estimate of drug-likeness (QED) is 0.267. The van der Waals surface area contributed by atoms with Gasteiger partial charge in [0.15, 0.2) is 17.7 Å². The highest BCUT2D eigenvalue weighted by Crippen LogP contribution is 2.40. The first-order valence-electron chi connectivity index (χ1n) is 10.4. The number of ether oxygens (including phenoxy) is 3. The minimum absolute atomic E-state index is 0.234. The number of alkyl halides is 7. The molecule has 0 N–H and O–H groups in total. The lowest BCUT2D eigenvalue weighted by atomic mass is 10.1. The van der Waals surface area contributed by atoms with Gasteiger partial charge >= 0.3 is 30.3 Å². The molecule has 0 spiro atoms. The summed E-state index contributed by atoms with van der Waals surface area (Å²) in [5.74, 6) is -3.08. The van der Waals surface area contributed by atoms with Crippen LogP contribution in [0.1, 0.15) is 38.8 Å². The van der Waals surface area contributed by atoms with Crippen LogP contribution in [0.2, 0.25) is 0 Å². The van der Waals surface area contributed by atoms with Crippen molar-refractivity contribution in [3.05, 3.63) is 70.8 Å². The van der Waals surface area contributed by atoms with Gasteiger partial charge in [0.1, 0.15) is 6.61 Å². The Morgan fingerprint density at radius 3 is 1.68 bits per heavy atom. The van der Waals surface area contributed by atoms with Crippen LogP contribution in [-0.2, 0) is 31.4 Å². The van der Waals surface area contributed by atoms with E-state index in [-0.39, 0.29) is 11.1 Å². The molecule has 2 aromatic carbocycles. The van der Waals surface area contributed by atoms with Crippen LogP contribution >= 0.6 is 11.8 Å². The average Bonchev–Trinajstić information content (AvgIpc) is 3.10. The average molecular weight is 554 g/mol. The third-order valence-corrected chi connectivity index (χ3v) is 6.43. The Kier molecular flexibility index (Phi) is 8.40. The van der Waals surface area contributed by atoms with Gasteiger partial charge in [0.2, 0.25) is 0 Å². The second kappa shape index (κ2) is 11.0. The van der Waals surface area contributed by atoms with E-state index in [2.05, 4.69) is 0 Å². The van der Waals surface area contributed by atoms with Crippen LogP contribution in [-0.4, -0.2) is 47.5 Å². The third kappa shape index (κ3) is 7.14. The molecule has 1 heterocycles. The molecular formula is C23H17F7O6S. The summed E-state index contributed by atoms with van der Waals surface area (Å²) in [6, 6.07) is 6.06. The van der Waals surface area contributed by atoms with E-state index in [1.165, 1.54) is 0 Å². The second-order valence-corrected chi connectivity index (χ2v) is 9.06. The van der Waals surface area contributed by atoms with Crippen molar-refractivity contribution >= 4 is 29.7 Å². The Labute approximate surface area is 209 Å². The van der Waals surface area contributed by atoms with Gasteiger partial charge in [-0.2, -0.15) is 26.3 Å². The molecule has 6 nitrogen and oxygen atoms in total. The predicted molar refractivity (Wildman–Crippen MR) is 114 cm³/mol. The molecule has 0 radical (unpaired) electrons. The summed E-state index contributed by atoms with van der Waals surface area (Å²) in [5, 5.41) is -1.11. The maximum absolute atomic E-state index is 15.0. The highest BCUT2D eigenvalue weighted by Gasteiger charge is 2.49. The first-order chi connectivity index (χ1) is 17.2. The Balaban J connectivity index is 1.71. The number of hydrogen-bond donors (Lipinski definition) is 0. The van der Waals surface area contributed by atoms with Crippen LogP contribution in [0.4, 0.5) is 30.7 Å².